The van der Waals surface area contributed by atoms with Gasteiger partial charge in [-0.1, -0.05) is 12.6 Å². The molecule has 96 valence electrons. The van der Waals surface area contributed by atoms with E-state index in [1.54, 1.807) is 12.3 Å². The monoisotopic (exact) mass is 262 g/mol. The molecule has 0 radical (unpaired) electrons. The van der Waals surface area contributed by atoms with Gasteiger partial charge in [-0.05, 0) is 6.07 Å². The van der Waals surface area contributed by atoms with Crippen molar-refractivity contribution in [3.05, 3.63) is 54.5 Å². The minimum Gasteiger partial charge on any atom is -0.361 e. The summed E-state index contributed by atoms with van der Waals surface area (Å²) < 4.78 is 5.90. The molecule has 0 bridgehead atoms. The lowest BCUT2D eigenvalue weighted by molar-refractivity contribution is 0.939. The largest absolute Gasteiger partial charge is 0.361 e. The molecule has 0 aromatic carbocycles. The van der Waals surface area contributed by atoms with Crippen LogP contribution < -0.4 is 0 Å². The minimum atomic E-state index is 0.406. The molecule has 0 aliphatic heterocycles. The van der Waals surface area contributed by atoms with Gasteiger partial charge in [-0.3, -0.25) is 8.97 Å². The van der Waals surface area contributed by atoms with Gasteiger partial charge in [0.15, 0.2) is 0 Å². The van der Waals surface area contributed by atoms with Gasteiger partial charge in [-0.15, -0.1) is 4.98 Å². The summed E-state index contributed by atoms with van der Waals surface area (Å²) in [5.41, 5.74) is 1.81. The van der Waals surface area contributed by atoms with Gasteiger partial charge in [0.25, 0.3) is 5.82 Å². The number of aromatic nitrogens is 5. The third-order valence-corrected chi connectivity index (χ3v) is 3.40. The first kappa shape index (κ1) is 10.8. The van der Waals surface area contributed by atoms with Gasteiger partial charge in [0, 0.05) is 38.0 Å². The Labute approximate surface area is 114 Å². The molecule has 6 nitrogen and oxygen atoms in total. The first-order valence-electron chi connectivity index (χ1n) is 6.12. The van der Waals surface area contributed by atoms with Crippen molar-refractivity contribution in [1.29, 1.82) is 0 Å². The van der Waals surface area contributed by atoms with Gasteiger partial charge < -0.3 is 9.41 Å². The van der Waals surface area contributed by atoms with E-state index in [9.17, 15) is 0 Å². The highest BCUT2D eigenvalue weighted by Gasteiger charge is 2.14. The van der Waals surface area contributed by atoms with E-state index in [0.717, 1.165) is 22.5 Å². The lowest BCUT2D eigenvalue weighted by Gasteiger charge is -1.99. The predicted molar refractivity (Wildman–Crippen MR) is 75.1 cm³/mol. The van der Waals surface area contributed by atoms with Crippen LogP contribution in [0, 0.1) is 6.57 Å². The zero-order valence-corrected chi connectivity index (χ0v) is 10.7. The normalized spacial score (nSPS) is 11.2. The van der Waals surface area contributed by atoms with Gasteiger partial charge in [0.1, 0.15) is 0 Å². The van der Waals surface area contributed by atoms with Crippen LogP contribution >= 0.6 is 0 Å². The predicted octanol–water partition coefficient (Wildman–Crippen LogP) is 2.56. The van der Waals surface area contributed by atoms with Crippen molar-refractivity contribution in [2.75, 3.05) is 0 Å². The van der Waals surface area contributed by atoms with Crippen LogP contribution in [0.1, 0.15) is 0 Å². The Morgan fingerprint density at radius 1 is 1.20 bits per heavy atom. The third kappa shape index (κ3) is 1.32. The maximum absolute atomic E-state index is 7.06. The van der Waals surface area contributed by atoms with Crippen molar-refractivity contribution in [3.8, 4) is 5.69 Å². The van der Waals surface area contributed by atoms with E-state index in [1.807, 2.05) is 51.4 Å². The maximum Gasteiger partial charge on any atom is 0.271 e. The van der Waals surface area contributed by atoms with Crippen LogP contribution in [0.5, 0.6) is 0 Å². The molecule has 0 aliphatic carbocycles. The number of fused-ring (bicyclic) bond motifs is 2. The molecule has 0 aliphatic rings. The van der Waals surface area contributed by atoms with Crippen molar-refractivity contribution in [1.82, 2.24) is 23.5 Å². The van der Waals surface area contributed by atoms with Gasteiger partial charge >= 0.3 is 0 Å². The summed E-state index contributed by atoms with van der Waals surface area (Å²) in [7, 11) is 1.93. The molecule has 4 heterocycles. The topological polar surface area (TPSA) is 44.4 Å². The number of imidazole rings is 2. The molecular weight excluding hydrogens is 252 g/mol. The van der Waals surface area contributed by atoms with Crippen molar-refractivity contribution >= 4 is 22.6 Å². The molecule has 0 saturated carbocycles. The van der Waals surface area contributed by atoms with Gasteiger partial charge in [-0.25, -0.2) is 4.98 Å². The summed E-state index contributed by atoms with van der Waals surface area (Å²) in [5, 5.41) is 1.00. The number of hydrogen-bond donors (Lipinski definition) is 0. The van der Waals surface area contributed by atoms with Crippen molar-refractivity contribution < 1.29 is 0 Å². The fourth-order valence-electron chi connectivity index (χ4n) is 2.48. The quantitative estimate of drug-likeness (QED) is 0.495. The van der Waals surface area contributed by atoms with Crippen LogP contribution in [0.3, 0.4) is 0 Å². The van der Waals surface area contributed by atoms with Crippen LogP contribution in [0.2, 0.25) is 0 Å². The number of nitrogens with zero attached hydrogens (tertiary/aromatic N) is 6. The Morgan fingerprint density at radius 3 is 2.95 bits per heavy atom. The molecule has 0 unspecified atom stereocenters. The van der Waals surface area contributed by atoms with Gasteiger partial charge in [0.2, 0.25) is 11.4 Å². The lowest BCUT2D eigenvalue weighted by Crippen LogP contribution is -1.92. The van der Waals surface area contributed by atoms with Gasteiger partial charge in [0.05, 0.1) is 11.1 Å². The van der Waals surface area contributed by atoms with Crippen molar-refractivity contribution in [3.63, 3.8) is 0 Å². The highest BCUT2D eigenvalue weighted by Crippen LogP contribution is 2.26. The number of aryl methyl sites for hydroxylation is 1. The maximum atomic E-state index is 7.06. The van der Waals surface area contributed by atoms with Crippen LogP contribution in [0.4, 0.5) is 5.82 Å². The Bertz CT molecular complexity index is 978. The second-order valence-electron chi connectivity index (χ2n) is 4.58. The second kappa shape index (κ2) is 3.71. The zero-order valence-electron chi connectivity index (χ0n) is 10.7. The molecule has 4 rings (SSSR count). The van der Waals surface area contributed by atoms with Crippen LogP contribution in [-0.4, -0.2) is 23.5 Å². The number of hydrogen-bond acceptors (Lipinski definition) is 2. The van der Waals surface area contributed by atoms with E-state index in [2.05, 4.69) is 14.8 Å². The van der Waals surface area contributed by atoms with Crippen LogP contribution in [0.25, 0.3) is 27.3 Å². The molecule has 0 atom stereocenters. The van der Waals surface area contributed by atoms with Crippen LogP contribution in [0.15, 0.2) is 43.1 Å². The fourth-order valence-corrected chi connectivity index (χ4v) is 2.48. The SMILES string of the molecule is [C-]#[N+]c1ccc2c(-n3ccn4ccnc34)cn(C)c2n1. The number of rotatable bonds is 1. The van der Waals surface area contributed by atoms with E-state index in [0.29, 0.717) is 5.82 Å². The molecule has 0 fully saturated rings. The Kier molecular flexibility index (Phi) is 2.01. The summed E-state index contributed by atoms with van der Waals surface area (Å²) in [6.07, 6.45) is 9.61. The average molecular weight is 262 g/mol. The summed E-state index contributed by atoms with van der Waals surface area (Å²) >= 11 is 0. The molecule has 0 spiro atoms. The van der Waals surface area contributed by atoms with E-state index in [1.165, 1.54) is 0 Å². The first-order valence-corrected chi connectivity index (χ1v) is 6.12. The number of pyridine rings is 1. The molecule has 6 heteroatoms. The van der Waals surface area contributed by atoms with Crippen molar-refractivity contribution in [2.45, 2.75) is 0 Å². The van der Waals surface area contributed by atoms with Crippen molar-refractivity contribution in [2.24, 2.45) is 7.05 Å². The van der Waals surface area contributed by atoms with E-state index < -0.39 is 0 Å². The highest BCUT2D eigenvalue weighted by atomic mass is 15.2. The minimum absolute atomic E-state index is 0.406. The summed E-state index contributed by atoms with van der Waals surface area (Å²) in [4.78, 5) is 12.1. The highest BCUT2D eigenvalue weighted by molar-refractivity contribution is 5.88. The third-order valence-electron chi connectivity index (χ3n) is 3.40. The molecule has 20 heavy (non-hydrogen) atoms. The summed E-state index contributed by atoms with van der Waals surface area (Å²) in [6.45, 7) is 7.06. The van der Waals surface area contributed by atoms with E-state index in [4.69, 9.17) is 6.57 Å². The van der Waals surface area contributed by atoms with E-state index >= 15 is 0 Å². The molecular formula is C14H10N6. The summed E-state index contributed by atoms with van der Waals surface area (Å²) in [6, 6.07) is 3.68. The lowest BCUT2D eigenvalue weighted by atomic mass is 10.3. The average Bonchev–Trinajstić information content (AvgIpc) is 3.13. The second-order valence-corrected chi connectivity index (χ2v) is 4.58. The Hall–Kier alpha value is -3.07. The summed E-state index contributed by atoms with van der Waals surface area (Å²) in [5.74, 6) is 1.26. The Balaban J connectivity index is 2.06. The smallest absolute Gasteiger partial charge is 0.271 e. The standard InChI is InChI=1S/C14H10N6/c1-15-12-4-3-10-11(9-18(2)13(10)17-12)20-8-7-19-6-5-16-14(19)20/h3-9H,2H3. The molecule has 0 amide bonds. The molecule has 0 N–H and O–H groups in total. The van der Waals surface area contributed by atoms with E-state index in [-0.39, 0.29) is 0 Å². The molecule has 0 saturated heterocycles. The van der Waals surface area contributed by atoms with Crippen LogP contribution in [-0.2, 0) is 7.05 Å². The zero-order chi connectivity index (χ0) is 13.7. The molecule has 4 aromatic rings. The Morgan fingerprint density at radius 2 is 2.10 bits per heavy atom. The molecule has 4 aromatic heterocycles. The van der Waals surface area contributed by atoms with Gasteiger partial charge in [-0.2, -0.15) is 0 Å². The fraction of sp³-hybridized carbons (Fsp3) is 0.0714. The first-order chi connectivity index (χ1) is 9.78.